The first-order chi connectivity index (χ1) is 6.70. The number of aromatic nitrogens is 3. The van der Waals surface area contributed by atoms with Gasteiger partial charge >= 0.3 is 0 Å². The van der Waals surface area contributed by atoms with Gasteiger partial charge in [-0.3, -0.25) is 0 Å². The number of allylic oxidation sites excluding steroid dienone is 1. The monoisotopic (exact) mass is 209 g/mol. The van der Waals surface area contributed by atoms with Gasteiger partial charge in [-0.2, -0.15) is 4.98 Å². The Bertz CT molecular complexity index is 389. The summed E-state index contributed by atoms with van der Waals surface area (Å²) in [5, 5.41) is 11.8. The predicted molar refractivity (Wildman–Crippen MR) is 57.4 cm³/mol. The second-order valence-electron chi connectivity index (χ2n) is 3.02. The van der Waals surface area contributed by atoms with E-state index >= 15 is 0 Å². The van der Waals surface area contributed by atoms with Crippen molar-refractivity contribution < 1.29 is 0 Å². The van der Waals surface area contributed by atoms with Gasteiger partial charge in [0.1, 0.15) is 0 Å². The van der Waals surface area contributed by atoms with Crippen LogP contribution >= 0.6 is 11.8 Å². The molecule has 0 bridgehead atoms. The molecular weight excluding hydrogens is 198 g/mol. The van der Waals surface area contributed by atoms with Crippen molar-refractivity contribution in [1.29, 1.82) is 0 Å². The molecule has 14 heavy (non-hydrogen) atoms. The van der Waals surface area contributed by atoms with Gasteiger partial charge in [-0.05, 0) is 13.2 Å². The molecule has 0 aromatic carbocycles. The molecule has 0 spiro atoms. The largest absolute Gasteiger partial charge is 0.338 e. The highest BCUT2D eigenvalue weighted by molar-refractivity contribution is 7.98. The van der Waals surface area contributed by atoms with Gasteiger partial charge in [-0.15, -0.1) is 10.2 Å². The summed E-state index contributed by atoms with van der Waals surface area (Å²) in [7, 11) is 1.95. The van der Waals surface area contributed by atoms with Crippen molar-refractivity contribution in [3.05, 3.63) is 11.9 Å². The Morgan fingerprint density at radius 1 is 1.43 bits per heavy atom. The van der Waals surface area contributed by atoms with E-state index in [0.29, 0.717) is 11.0 Å². The zero-order valence-electron chi connectivity index (χ0n) is 8.27. The molecule has 0 radical (unpaired) electrons. The standard InChI is InChI=1S/C8H11N5S/c1-5-4-13(2)7-6(9-5)11-12-8(10-7)14-3/h4H,1-3H3,(H,9,11). The lowest BCUT2D eigenvalue weighted by atomic mass is 10.4. The number of hydrogen-bond acceptors (Lipinski definition) is 6. The van der Waals surface area contributed by atoms with E-state index in [2.05, 4.69) is 20.5 Å². The lowest BCUT2D eigenvalue weighted by Gasteiger charge is -2.22. The molecule has 0 unspecified atom stereocenters. The minimum atomic E-state index is 0.686. The fraction of sp³-hybridized carbons (Fsp3) is 0.375. The van der Waals surface area contributed by atoms with Gasteiger partial charge < -0.3 is 10.2 Å². The first-order valence-corrected chi connectivity index (χ1v) is 5.40. The van der Waals surface area contributed by atoms with Crippen molar-refractivity contribution in [2.75, 3.05) is 23.5 Å². The van der Waals surface area contributed by atoms with E-state index in [1.165, 1.54) is 11.8 Å². The van der Waals surface area contributed by atoms with Crippen molar-refractivity contribution >= 4 is 23.4 Å². The van der Waals surface area contributed by atoms with Crippen LogP contribution in [-0.4, -0.2) is 28.5 Å². The van der Waals surface area contributed by atoms with Gasteiger partial charge in [-0.1, -0.05) is 11.8 Å². The van der Waals surface area contributed by atoms with Crippen molar-refractivity contribution in [2.45, 2.75) is 12.1 Å². The van der Waals surface area contributed by atoms with Crippen LogP contribution in [0.3, 0.4) is 0 Å². The number of rotatable bonds is 1. The molecule has 74 valence electrons. The zero-order chi connectivity index (χ0) is 10.1. The highest BCUT2D eigenvalue weighted by Gasteiger charge is 2.16. The molecular formula is C8H11N5S. The summed E-state index contributed by atoms with van der Waals surface area (Å²) in [6.07, 6.45) is 3.90. The second-order valence-corrected chi connectivity index (χ2v) is 3.79. The molecule has 0 amide bonds. The molecule has 1 N–H and O–H groups in total. The third-order valence-corrected chi connectivity index (χ3v) is 2.41. The fourth-order valence-electron chi connectivity index (χ4n) is 1.29. The van der Waals surface area contributed by atoms with Gasteiger partial charge in [0, 0.05) is 18.9 Å². The van der Waals surface area contributed by atoms with Crippen LogP contribution in [0.2, 0.25) is 0 Å². The van der Waals surface area contributed by atoms with Crippen LogP contribution in [0.25, 0.3) is 0 Å². The summed E-state index contributed by atoms with van der Waals surface area (Å²) in [6.45, 7) is 1.98. The van der Waals surface area contributed by atoms with E-state index in [1.54, 1.807) is 0 Å². The molecule has 1 aliphatic rings. The van der Waals surface area contributed by atoms with E-state index in [4.69, 9.17) is 0 Å². The van der Waals surface area contributed by atoms with Crippen LogP contribution in [0.15, 0.2) is 17.1 Å². The number of fused-ring (bicyclic) bond motifs is 1. The van der Waals surface area contributed by atoms with Crippen LogP contribution in [0.5, 0.6) is 0 Å². The van der Waals surface area contributed by atoms with Crippen molar-refractivity contribution in [2.24, 2.45) is 0 Å². The molecule has 0 saturated carbocycles. The average molecular weight is 209 g/mol. The van der Waals surface area contributed by atoms with E-state index in [1.807, 2.05) is 31.3 Å². The van der Waals surface area contributed by atoms with Crippen LogP contribution in [-0.2, 0) is 0 Å². The minimum absolute atomic E-state index is 0.686. The number of nitrogens with one attached hydrogen (secondary N) is 1. The molecule has 0 saturated heterocycles. The number of thioether (sulfide) groups is 1. The Morgan fingerprint density at radius 3 is 2.93 bits per heavy atom. The van der Waals surface area contributed by atoms with Gasteiger partial charge in [0.05, 0.1) is 0 Å². The van der Waals surface area contributed by atoms with Gasteiger partial charge in [-0.25, -0.2) is 0 Å². The van der Waals surface area contributed by atoms with Gasteiger partial charge in [0.2, 0.25) is 5.16 Å². The quantitative estimate of drug-likeness (QED) is 0.704. The SMILES string of the molecule is CSc1nnc2c(n1)N(C)C=C(C)N2. The summed E-state index contributed by atoms with van der Waals surface area (Å²) >= 11 is 1.48. The molecule has 0 aliphatic carbocycles. The van der Waals surface area contributed by atoms with Crippen LogP contribution in [0.1, 0.15) is 6.92 Å². The fourth-order valence-corrected chi connectivity index (χ4v) is 1.59. The van der Waals surface area contributed by atoms with Crippen molar-refractivity contribution in [3.63, 3.8) is 0 Å². The Labute approximate surface area is 86.6 Å². The average Bonchev–Trinajstić information content (AvgIpc) is 2.17. The number of nitrogens with zero attached hydrogens (tertiary/aromatic N) is 4. The second kappa shape index (κ2) is 3.45. The van der Waals surface area contributed by atoms with Crippen LogP contribution < -0.4 is 10.2 Å². The number of anilines is 2. The van der Waals surface area contributed by atoms with E-state index in [9.17, 15) is 0 Å². The topological polar surface area (TPSA) is 53.9 Å². The van der Waals surface area contributed by atoms with Crippen LogP contribution in [0, 0.1) is 0 Å². The molecule has 2 rings (SSSR count). The lowest BCUT2D eigenvalue weighted by molar-refractivity contribution is 0.827. The maximum absolute atomic E-state index is 4.36. The normalized spacial score (nSPS) is 14.5. The lowest BCUT2D eigenvalue weighted by Crippen LogP contribution is -2.21. The molecule has 6 heteroatoms. The first-order valence-electron chi connectivity index (χ1n) is 4.17. The summed E-state index contributed by atoms with van der Waals surface area (Å²) in [6, 6.07) is 0. The van der Waals surface area contributed by atoms with Crippen molar-refractivity contribution in [1.82, 2.24) is 15.2 Å². The minimum Gasteiger partial charge on any atom is -0.338 e. The van der Waals surface area contributed by atoms with E-state index in [-0.39, 0.29) is 0 Å². The maximum atomic E-state index is 4.36. The smallest absolute Gasteiger partial charge is 0.210 e. The van der Waals surface area contributed by atoms with E-state index in [0.717, 1.165) is 11.5 Å². The molecule has 5 nitrogen and oxygen atoms in total. The Kier molecular flexibility index (Phi) is 2.28. The van der Waals surface area contributed by atoms with Crippen LogP contribution in [0.4, 0.5) is 11.6 Å². The summed E-state index contributed by atoms with van der Waals surface area (Å²) < 4.78 is 0. The molecule has 0 fully saturated rings. The van der Waals surface area contributed by atoms with Gasteiger partial charge in [0.25, 0.3) is 0 Å². The Morgan fingerprint density at radius 2 is 2.21 bits per heavy atom. The third kappa shape index (κ3) is 1.52. The predicted octanol–water partition coefficient (Wildman–Crippen LogP) is 1.32. The summed E-state index contributed by atoms with van der Waals surface area (Å²) in [5.74, 6) is 1.53. The molecule has 2 heterocycles. The summed E-state index contributed by atoms with van der Waals surface area (Å²) in [5.41, 5.74) is 1.04. The molecule has 1 aromatic heterocycles. The molecule has 1 aliphatic heterocycles. The van der Waals surface area contributed by atoms with Crippen molar-refractivity contribution in [3.8, 4) is 0 Å². The Hall–Kier alpha value is -1.30. The zero-order valence-corrected chi connectivity index (χ0v) is 9.09. The highest BCUT2D eigenvalue weighted by atomic mass is 32.2. The highest BCUT2D eigenvalue weighted by Crippen LogP contribution is 2.26. The molecule has 1 aromatic rings. The summed E-state index contributed by atoms with van der Waals surface area (Å²) in [4.78, 5) is 6.30. The van der Waals surface area contributed by atoms with E-state index < -0.39 is 0 Å². The molecule has 0 atom stereocenters. The first kappa shape index (κ1) is 9.26. The Balaban J connectivity index is 2.44. The third-order valence-electron chi connectivity index (χ3n) is 1.87. The van der Waals surface area contributed by atoms with Gasteiger partial charge in [0.15, 0.2) is 11.6 Å². The maximum Gasteiger partial charge on any atom is 0.210 e. The number of hydrogen-bond donors (Lipinski definition) is 1.